The predicted octanol–water partition coefficient (Wildman–Crippen LogP) is 5.23. The minimum Gasteiger partial charge on any atom is -0.462 e. The van der Waals surface area contributed by atoms with Crippen molar-refractivity contribution in [1.82, 2.24) is 5.32 Å². The highest BCUT2D eigenvalue weighted by molar-refractivity contribution is 7.80. The highest BCUT2D eigenvalue weighted by atomic mass is 32.1. The molecule has 0 saturated heterocycles. The van der Waals surface area contributed by atoms with Gasteiger partial charge in [-0.2, -0.15) is 0 Å². The van der Waals surface area contributed by atoms with Gasteiger partial charge in [0.15, 0.2) is 5.11 Å². The van der Waals surface area contributed by atoms with E-state index in [1.165, 1.54) is 11.3 Å². The molecule has 0 fully saturated rings. The molecule has 6 heteroatoms. The lowest BCUT2D eigenvalue weighted by Crippen LogP contribution is -2.30. The second-order valence-electron chi connectivity index (χ2n) is 6.39. The van der Waals surface area contributed by atoms with Crippen molar-refractivity contribution >= 4 is 39.6 Å². The summed E-state index contributed by atoms with van der Waals surface area (Å²) >= 11 is 6.92. The molecule has 0 aliphatic heterocycles. The molecular formula is C20H26N2O2S2. The van der Waals surface area contributed by atoms with Gasteiger partial charge in [-0.25, -0.2) is 4.79 Å². The van der Waals surface area contributed by atoms with Crippen molar-refractivity contribution < 1.29 is 9.53 Å². The van der Waals surface area contributed by atoms with Gasteiger partial charge in [0, 0.05) is 17.0 Å². The van der Waals surface area contributed by atoms with Gasteiger partial charge in [0.1, 0.15) is 10.6 Å². The minimum absolute atomic E-state index is 0.330. The molecule has 1 heterocycles. The Morgan fingerprint density at radius 3 is 2.58 bits per heavy atom. The van der Waals surface area contributed by atoms with Gasteiger partial charge in [-0.15, -0.1) is 11.3 Å². The first-order valence-corrected chi connectivity index (χ1v) is 10.1. The number of ether oxygens (including phenoxy) is 1. The Labute approximate surface area is 165 Å². The Balaban J connectivity index is 2.31. The van der Waals surface area contributed by atoms with Crippen molar-refractivity contribution in [3.63, 3.8) is 0 Å². The van der Waals surface area contributed by atoms with E-state index in [-0.39, 0.29) is 5.97 Å². The van der Waals surface area contributed by atoms with Crippen LogP contribution in [0, 0.1) is 12.8 Å². The van der Waals surface area contributed by atoms with Gasteiger partial charge in [-0.1, -0.05) is 44.2 Å². The highest BCUT2D eigenvalue weighted by Gasteiger charge is 2.24. The zero-order valence-corrected chi connectivity index (χ0v) is 17.4. The van der Waals surface area contributed by atoms with Gasteiger partial charge >= 0.3 is 5.97 Å². The smallest absolute Gasteiger partial charge is 0.341 e. The van der Waals surface area contributed by atoms with E-state index in [0.717, 1.165) is 34.0 Å². The van der Waals surface area contributed by atoms with Crippen LogP contribution in [0.1, 0.15) is 42.4 Å². The Kier molecular flexibility index (Phi) is 7.60. The molecule has 1 aromatic heterocycles. The first-order valence-electron chi connectivity index (χ1n) is 8.84. The number of thiophene rings is 1. The summed E-state index contributed by atoms with van der Waals surface area (Å²) in [5.41, 5.74) is 2.45. The van der Waals surface area contributed by atoms with Gasteiger partial charge in [0.2, 0.25) is 0 Å². The third-order valence-corrected chi connectivity index (χ3v) is 5.13. The number of thiocarbonyl (C=S) groups is 1. The van der Waals surface area contributed by atoms with Crippen LogP contribution in [0.3, 0.4) is 0 Å². The van der Waals surface area contributed by atoms with Gasteiger partial charge < -0.3 is 15.4 Å². The number of aryl methyl sites for hydroxylation is 1. The van der Waals surface area contributed by atoms with E-state index in [2.05, 4.69) is 24.5 Å². The monoisotopic (exact) mass is 390 g/mol. The van der Waals surface area contributed by atoms with Gasteiger partial charge in [0.25, 0.3) is 0 Å². The van der Waals surface area contributed by atoms with E-state index in [4.69, 9.17) is 17.0 Å². The zero-order chi connectivity index (χ0) is 19.1. The lowest BCUT2D eigenvalue weighted by molar-refractivity contribution is 0.0529. The van der Waals surface area contributed by atoms with E-state index in [9.17, 15) is 4.79 Å². The quantitative estimate of drug-likeness (QED) is 0.501. The van der Waals surface area contributed by atoms with Crippen molar-refractivity contribution in [2.24, 2.45) is 5.92 Å². The zero-order valence-electron chi connectivity index (χ0n) is 15.7. The number of carbonyl (C=O) groups excluding carboxylic acids is 1. The summed E-state index contributed by atoms with van der Waals surface area (Å²) < 4.78 is 5.30. The predicted molar refractivity (Wildman–Crippen MR) is 114 cm³/mol. The Morgan fingerprint density at radius 2 is 1.96 bits per heavy atom. The Morgan fingerprint density at radius 1 is 1.27 bits per heavy atom. The van der Waals surface area contributed by atoms with Crippen molar-refractivity contribution in [1.29, 1.82) is 0 Å². The number of carbonyl (C=O) groups is 1. The maximum Gasteiger partial charge on any atom is 0.341 e. The molecule has 2 N–H and O–H groups in total. The molecule has 0 bridgehead atoms. The first-order chi connectivity index (χ1) is 12.4. The molecule has 26 heavy (non-hydrogen) atoms. The van der Waals surface area contributed by atoms with Crippen LogP contribution in [-0.4, -0.2) is 24.2 Å². The summed E-state index contributed by atoms with van der Waals surface area (Å²) in [4.78, 5) is 13.7. The number of benzene rings is 1. The van der Waals surface area contributed by atoms with Gasteiger partial charge in [0.05, 0.1) is 6.61 Å². The van der Waals surface area contributed by atoms with Crippen molar-refractivity contribution in [2.45, 2.75) is 34.1 Å². The lowest BCUT2D eigenvalue weighted by Gasteiger charge is -2.12. The Bertz CT molecular complexity index is 755. The molecule has 0 spiro atoms. The van der Waals surface area contributed by atoms with Gasteiger partial charge in [-0.05, 0) is 44.0 Å². The van der Waals surface area contributed by atoms with Crippen molar-refractivity contribution in [3.05, 3.63) is 40.8 Å². The fourth-order valence-electron chi connectivity index (χ4n) is 2.60. The van der Waals surface area contributed by atoms with Crippen LogP contribution < -0.4 is 10.6 Å². The van der Waals surface area contributed by atoms with Crippen LogP contribution in [0.25, 0.3) is 11.1 Å². The van der Waals surface area contributed by atoms with Crippen LogP contribution in [0.5, 0.6) is 0 Å². The van der Waals surface area contributed by atoms with Gasteiger partial charge in [-0.3, -0.25) is 0 Å². The maximum absolute atomic E-state index is 12.6. The standard InChI is InChI=1S/C20H26N2O2S2/c1-5-24-19(23)17-16(15-9-7-6-8-10-15)14(4)26-18(17)22-20(25)21-12-11-13(2)3/h6-10,13H,5,11-12H2,1-4H3,(H2,21,22,25). The molecule has 0 atom stereocenters. The molecule has 2 rings (SSSR count). The first kappa shape index (κ1) is 20.4. The number of hydrogen-bond acceptors (Lipinski definition) is 4. The normalized spacial score (nSPS) is 10.7. The Hall–Kier alpha value is -1.92. The summed E-state index contributed by atoms with van der Waals surface area (Å²) in [6.45, 7) is 9.30. The summed E-state index contributed by atoms with van der Waals surface area (Å²) in [5.74, 6) is 0.275. The third kappa shape index (κ3) is 5.29. The maximum atomic E-state index is 12.6. The summed E-state index contributed by atoms with van der Waals surface area (Å²) in [6, 6.07) is 9.89. The third-order valence-electron chi connectivity index (χ3n) is 3.86. The van der Waals surface area contributed by atoms with Crippen LogP contribution >= 0.6 is 23.6 Å². The summed E-state index contributed by atoms with van der Waals surface area (Å²) in [5, 5.41) is 7.65. The van der Waals surface area contributed by atoms with E-state index in [1.54, 1.807) is 0 Å². The molecule has 2 aromatic rings. The molecule has 0 saturated carbocycles. The number of hydrogen-bond donors (Lipinski definition) is 2. The topological polar surface area (TPSA) is 50.4 Å². The van der Waals surface area contributed by atoms with E-state index in [0.29, 0.717) is 23.2 Å². The molecule has 140 valence electrons. The van der Waals surface area contributed by atoms with Crippen LogP contribution in [0.4, 0.5) is 5.00 Å². The number of esters is 1. The van der Waals surface area contributed by atoms with Crippen LogP contribution in [-0.2, 0) is 4.74 Å². The summed E-state index contributed by atoms with van der Waals surface area (Å²) in [6.07, 6.45) is 1.03. The average Bonchev–Trinajstić information content (AvgIpc) is 2.91. The second kappa shape index (κ2) is 9.69. The number of anilines is 1. The number of rotatable bonds is 7. The minimum atomic E-state index is -0.330. The number of nitrogens with one attached hydrogen (secondary N) is 2. The molecule has 0 radical (unpaired) electrons. The SMILES string of the molecule is CCOC(=O)c1c(NC(=S)NCCC(C)C)sc(C)c1-c1ccccc1. The summed E-state index contributed by atoms with van der Waals surface area (Å²) in [7, 11) is 0. The van der Waals surface area contributed by atoms with E-state index >= 15 is 0 Å². The second-order valence-corrected chi connectivity index (χ2v) is 8.02. The van der Waals surface area contributed by atoms with Crippen molar-refractivity contribution in [2.75, 3.05) is 18.5 Å². The van der Waals surface area contributed by atoms with E-state index < -0.39 is 0 Å². The largest absolute Gasteiger partial charge is 0.462 e. The van der Waals surface area contributed by atoms with Crippen LogP contribution in [0.2, 0.25) is 0 Å². The fraction of sp³-hybridized carbons (Fsp3) is 0.400. The molecule has 1 aromatic carbocycles. The molecule has 0 unspecified atom stereocenters. The molecule has 4 nitrogen and oxygen atoms in total. The lowest BCUT2D eigenvalue weighted by atomic mass is 10.0. The fourth-order valence-corrected chi connectivity index (χ4v) is 3.94. The van der Waals surface area contributed by atoms with Crippen molar-refractivity contribution in [3.8, 4) is 11.1 Å². The highest BCUT2D eigenvalue weighted by Crippen LogP contribution is 2.40. The molecular weight excluding hydrogens is 364 g/mol. The molecule has 0 amide bonds. The average molecular weight is 391 g/mol. The molecule has 0 aliphatic carbocycles. The van der Waals surface area contributed by atoms with Crippen LogP contribution in [0.15, 0.2) is 30.3 Å². The van der Waals surface area contributed by atoms with E-state index in [1.807, 2.05) is 44.2 Å². The molecule has 0 aliphatic rings.